The molecule has 1 aromatic carbocycles. The summed E-state index contributed by atoms with van der Waals surface area (Å²) in [7, 11) is 0. The van der Waals surface area contributed by atoms with E-state index in [2.05, 4.69) is 20.0 Å². The van der Waals surface area contributed by atoms with Gasteiger partial charge in [-0.05, 0) is 25.1 Å². The van der Waals surface area contributed by atoms with Crippen molar-refractivity contribution in [3.05, 3.63) is 60.0 Å². The first-order valence-electron chi connectivity index (χ1n) is 10.6. The number of furan rings is 1. The fourth-order valence-electron chi connectivity index (χ4n) is 4.00. The molecule has 0 unspecified atom stereocenters. The zero-order valence-electron chi connectivity index (χ0n) is 17.8. The first-order valence-corrected chi connectivity index (χ1v) is 10.6. The minimum Gasteiger partial charge on any atom is -0.454 e. The van der Waals surface area contributed by atoms with Gasteiger partial charge in [0.1, 0.15) is 11.3 Å². The molecule has 3 aromatic heterocycles. The quantitative estimate of drug-likeness (QED) is 0.516. The minimum absolute atomic E-state index is 0.0502. The summed E-state index contributed by atoms with van der Waals surface area (Å²) >= 11 is 0. The largest absolute Gasteiger partial charge is 0.454 e. The molecule has 1 aliphatic heterocycles. The van der Waals surface area contributed by atoms with Gasteiger partial charge in [0.25, 0.3) is 11.9 Å². The lowest BCUT2D eigenvalue weighted by molar-refractivity contribution is 0.0614. The molecule has 0 atom stereocenters. The molecule has 1 N–H and O–H groups in total. The van der Waals surface area contributed by atoms with Gasteiger partial charge < -0.3 is 14.4 Å². The Hall–Kier alpha value is -3.56. The van der Waals surface area contributed by atoms with Crippen LogP contribution in [0.5, 0.6) is 0 Å². The van der Waals surface area contributed by atoms with Crippen LogP contribution in [0, 0.1) is 6.92 Å². The number of benzene rings is 1. The summed E-state index contributed by atoms with van der Waals surface area (Å²) < 4.78 is 7.51. The van der Waals surface area contributed by atoms with E-state index in [0.29, 0.717) is 48.3 Å². The third kappa shape index (κ3) is 3.76. The molecule has 1 aliphatic rings. The summed E-state index contributed by atoms with van der Waals surface area (Å²) in [5.74, 6) is 0.981. The Balaban J connectivity index is 1.38. The van der Waals surface area contributed by atoms with Crippen LogP contribution < -0.4 is 0 Å². The van der Waals surface area contributed by atoms with Crippen molar-refractivity contribution < 1.29 is 14.3 Å². The summed E-state index contributed by atoms with van der Waals surface area (Å²) in [5.41, 5.74) is 2.67. The number of piperazine rings is 1. The number of carbonyl (C=O) groups is 1. The third-order valence-corrected chi connectivity index (χ3v) is 5.83. The van der Waals surface area contributed by atoms with Crippen molar-refractivity contribution >= 4 is 16.9 Å². The highest BCUT2D eigenvalue weighted by molar-refractivity contribution is 5.95. The number of rotatable bonds is 5. The molecular weight excluding hydrogens is 408 g/mol. The number of hydrogen-bond acceptors (Lipinski definition) is 7. The van der Waals surface area contributed by atoms with Crippen molar-refractivity contribution in [2.45, 2.75) is 6.92 Å². The maximum atomic E-state index is 13.1. The molecular formula is C23H24N6O3. The van der Waals surface area contributed by atoms with Gasteiger partial charge in [0.05, 0.1) is 24.1 Å². The number of β-amino-alcohol motifs (C(OH)–C–C–N with tert-alkyl or cyclic N) is 1. The van der Waals surface area contributed by atoms with Gasteiger partial charge in [0, 0.05) is 44.3 Å². The van der Waals surface area contributed by atoms with Gasteiger partial charge >= 0.3 is 0 Å². The molecule has 9 heteroatoms. The lowest BCUT2D eigenvalue weighted by Gasteiger charge is -2.34. The third-order valence-electron chi connectivity index (χ3n) is 5.83. The van der Waals surface area contributed by atoms with E-state index >= 15 is 0 Å². The van der Waals surface area contributed by atoms with E-state index in [1.165, 1.54) is 0 Å². The summed E-state index contributed by atoms with van der Waals surface area (Å²) in [6.07, 6.45) is 3.24. The highest BCUT2D eigenvalue weighted by atomic mass is 16.3. The molecule has 5 rings (SSSR count). The molecule has 1 saturated heterocycles. The average Bonchev–Trinajstić information content (AvgIpc) is 3.43. The number of para-hydroxylation sites is 1. The van der Waals surface area contributed by atoms with Crippen LogP contribution >= 0.6 is 0 Å². The monoisotopic (exact) mass is 432 g/mol. The number of amides is 1. The van der Waals surface area contributed by atoms with Crippen LogP contribution in [-0.4, -0.2) is 79.9 Å². The number of carbonyl (C=O) groups excluding carboxylic acids is 1. The lowest BCUT2D eigenvalue weighted by Crippen LogP contribution is -2.49. The fourth-order valence-corrected chi connectivity index (χ4v) is 4.00. The second-order valence-electron chi connectivity index (χ2n) is 7.80. The molecule has 0 saturated carbocycles. The van der Waals surface area contributed by atoms with Crippen molar-refractivity contribution in [1.29, 1.82) is 0 Å². The van der Waals surface area contributed by atoms with Crippen molar-refractivity contribution in [3.63, 3.8) is 0 Å². The van der Waals surface area contributed by atoms with E-state index in [0.717, 1.165) is 24.1 Å². The molecule has 4 aromatic rings. The summed E-state index contributed by atoms with van der Waals surface area (Å²) in [6.45, 7) is 5.37. The summed E-state index contributed by atoms with van der Waals surface area (Å²) in [5, 5.41) is 14.5. The molecule has 0 spiro atoms. The molecule has 32 heavy (non-hydrogen) atoms. The van der Waals surface area contributed by atoms with Gasteiger partial charge in [-0.25, -0.2) is 14.6 Å². The number of fused-ring (bicyclic) bond motifs is 1. The Labute approximate surface area is 184 Å². The van der Waals surface area contributed by atoms with E-state index in [-0.39, 0.29) is 12.5 Å². The van der Waals surface area contributed by atoms with Crippen LogP contribution in [0.2, 0.25) is 0 Å². The molecule has 0 radical (unpaired) electrons. The first kappa shape index (κ1) is 20.3. The summed E-state index contributed by atoms with van der Waals surface area (Å²) in [6, 6.07) is 11.5. The van der Waals surface area contributed by atoms with Gasteiger partial charge in [-0.3, -0.25) is 9.69 Å². The predicted octanol–water partition coefficient (Wildman–Crippen LogP) is 2.13. The molecule has 9 nitrogen and oxygen atoms in total. The zero-order chi connectivity index (χ0) is 22.1. The Bertz CT molecular complexity index is 1220. The number of nitrogens with zero attached hydrogens (tertiary/aromatic N) is 6. The Morgan fingerprint density at radius 1 is 1.16 bits per heavy atom. The van der Waals surface area contributed by atoms with Crippen molar-refractivity contribution in [1.82, 2.24) is 29.5 Å². The second kappa shape index (κ2) is 8.52. The summed E-state index contributed by atoms with van der Waals surface area (Å²) in [4.78, 5) is 26.0. The average molecular weight is 432 g/mol. The van der Waals surface area contributed by atoms with Crippen molar-refractivity contribution in [2.24, 2.45) is 0 Å². The molecule has 1 fully saturated rings. The van der Waals surface area contributed by atoms with Crippen molar-refractivity contribution in [3.8, 4) is 17.4 Å². The normalized spacial score (nSPS) is 14.9. The van der Waals surface area contributed by atoms with Crippen LogP contribution in [-0.2, 0) is 0 Å². The standard InChI is InChI=1S/C23H24N6O3/c1-16-18(22(31)28-10-8-27(9-11-28)12-13-30)15-25-29(16)23-24-7-6-19(26-23)21-14-17-4-2-3-5-20(17)32-21/h2-7,14-15,30H,8-13H2,1H3. The van der Waals surface area contributed by atoms with E-state index < -0.39 is 0 Å². The Morgan fingerprint density at radius 2 is 1.97 bits per heavy atom. The maximum Gasteiger partial charge on any atom is 0.257 e. The van der Waals surface area contributed by atoms with Crippen LogP contribution in [0.4, 0.5) is 0 Å². The maximum absolute atomic E-state index is 13.1. The number of aliphatic hydroxyl groups excluding tert-OH is 1. The van der Waals surface area contributed by atoms with E-state index in [1.807, 2.05) is 42.2 Å². The zero-order valence-corrected chi connectivity index (χ0v) is 17.8. The van der Waals surface area contributed by atoms with Crippen LogP contribution in [0.1, 0.15) is 16.1 Å². The van der Waals surface area contributed by atoms with E-state index in [4.69, 9.17) is 9.52 Å². The minimum atomic E-state index is -0.0502. The second-order valence-corrected chi connectivity index (χ2v) is 7.80. The van der Waals surface area contributed by atoms with Gasteiger partial charge in [0.2, 0.25) is 0 Å². The molecule has 1 amide bonds. The van der Waals surface area contributed by atoms with Gasteiger partial charge in [0.15, 0.2) is 5.76 Å². The van der Waals surface area contributed by atoms with E-state index in [1.54, 1.807) is 23.1 Å². The van der Waals surface area contributed by atoms with Crippen molar-refractivity contribution in [2.75, 3.05) is 39.3 Å². The molecule has 0 aliphatic carbocycles. The highest BCUT2D eigenvalue weighted by Crippen LogP contribution is 2.26. The van der Waals surface area contributed by atoms with Crippen LogP contribution in [0.25, 0.3) is 28.4 Å². The highest BCUT2D eigenvalue weighted by Gasteiger charge is 2.25. The first-order chi connectivity index (χ1) is 15.6. The molecule has 4 heterocycles. The van der Waals surface area contributed by atoms with E-state index in [9.17, 15) is 4.79 Å². The lowest BCUT2D eigenvalue weighted by atomic mass is 10.2. The smallest absolute Gasteiger partial charge is 0.257 e. The fraction of sp³-hybridized carbons (Fsp3) is 0.304. The van der Waals surface area contributed by atoms with Crippen LogP contribution in [0.15, 0.2) is 53.2 Å². The molecule has 0 bridgehead atoms. The number of aliphatic hydroxyl groups is 1. The topological polar surface area (TPSA) is 101 Å². The predicted molar refractivity (Wildman–Crippen MR) is 119 cm³/mol. The van der Waals surface area contributed by atoms with Gasteiger partial charge in [-0.2, -0.15) is 5.10 Å². The Kier molecular flexibility index (Phi) is 5.42. The van der Waals surface area contributed by atoms with Crippen LogP contribution in [0.3, 0.4) is 0 Å². The SMILES string of the molecule is Cc1c(C(=O)N2CCN(CCO)CC2)cnn1-c1nccc(-c2cc3ccccc3o2)n1. The van der Waals surface area contributed by atoms with Gasteiger partial charge in [-0.1, -0.05) is 18.2 Å². The molecule has 164 valence electrons. The number of hydrogen-bond donors (Lipinski definition) is 1. The number of aromatic nitrogens is 4. The van der Waals surface area contributed by atoms with Gasteiger partial charge in [-0.15, -0.1) is 0 Å². The Morgan fingerprint density at radius 3 is 2.75 bits per heavy atom.